The van der Waals surface area contributed by atoms with Gasteiger partial charge in [-0.2, -0.15) is 0 Å². The van der Waals surface area contributed by atoms with Gasteiger partial charge in [0.1, 0.15) is 5.65 Å². The summed E-state index contributed by atoms with van der Waals surface area (Å²) in [5.74, 6) is 0. The molecular weight excluding hydrogens is 278 g/mol. The van der Waals surface area contributed by atoms with Crippen LogP contribution in [0.25, 0.3) is 5.65 Å². The highest BCUT2D eigenvalue weighted by Gasteiger charge is 2.18. The summed E-state index contributed by atoms with van der Waals surface area (Å²) in [6, 6.07) is 6.75. The number of nitrogens with zero attached hydrogens (tertiary/aromatic N) is 2. The van der Waals surface area contributed by atoms with Crippen LogP contribution in [0.1, 0.15) is 24.2 Å². The topological polar surface area (TPSA) is 29.3 Å². The highest BCUT2D eigenvalue weighted by molar-refractivity contribution is 9.10. The first-order chi connectivity index (χ1) is 8.25. The molecule has 3 nitrogen and oxygen atoms in total. The predicted octanol–water partition coefficient (Wildman–Crippen LogP) is 2.70. The van der Waals surface area contributed by atoms with Crippen molar-refractivity contribution in [3.05, 3.63) is 34.2 Å². The van der Waals surface area contributed by atoms with Crippen molar-refractivity contribution in [2.75, 3.05) is 6.54 Å². The summed E-state index contributed by atoms with van der Waals surface area (Å²) >= 11 is 3.58. The minimum absolute atomic E-state index is 0.609. The van der Waals surface area contributed by atoms with Gasteiger partial charge in [-0.15, -0.1) is 0 Å². The molecule has 1 unspecified atom stereocenters. The first kappa shape index (κ1) is 11.2. The van der Waals surface area contributed by atoms with Crippen LogP contribution in [0.5, 0.6) is 0 Å². The van der Waals surface area contributed by atoms with E-state index in [0.29, 0.717) is 6.04 Å². The molecule has 2 aromatic rings. The normalized spacial score (nSPS) is 20.2. The van der Waals surface area contributed by atoms with Crippen LogP contribution < -0.4 is 5.32 Å². The summed E-state index contributed by atoms with van der Waals surface area (Å²) in [6.45, 7) is 3.30. The molecule has 1 aliphatic rings. The van der Waals surface area contributed by atoms with Crippen molar-refractivity contribution in [2.24, 2.45) is 0 Å². The monoisotopic (exact) mass is 293 g/mol. The number of hydrogen-bond acceptors (Lipinski definition) is 2. The third kappa shape index (κ3) is 2.00. The number of imidazole rings is 1. The Kier molecular flexibility index (Phi) is 2.92. The fourth-order valence-corrected chi connectivity index (χ4v) is 3.20. The van der Waals surface area contributed by atoms with E-state index in [9.17, 15) is 0 Å². The van der Waals surface area contributed by atoms with Gasteiger partial charge in [0.05, 0.1) is 10.3 Å². The molecule has 0 aliphatic carbocycles. The molecule has 17 heavy (non-hydrogen) atoms. The highest BCUT2D eigenvalue weighted by atomic mass is 79.9. The number of hydrogen-bond donors (Lipinski definition) is 1. The molecule has 0 bridgehead atoms. The average molecular weight is 294 g/mol. The van der Waals surface area contributed by atoms with E-state index in [1.807, 2.05) is 6.07 Å². The first-order valence-corrected chi connectivity index (χ1v) is 6.91. The third-order valence-electron chi connectivity index (χ3n) is 3.53. The lowest BCUT2D eigenvalue weighted by Crippen LogP contribution is -2.24. The van der Waals surface area contributed by atoms with Gasteiger partial charge in [0.15, 0.2) is 0 Å². The van der Waals surface area contributed by atoms with Gasteiger partial charge in [-0.1, -0.05) is 6.07 Å². The summed E-state index contributed by atoms with van der Waals surface area (Å²) in [6.07, 6.45) is 3.61. The number of halogens is 1. The van der Waals surface area contributed by atoms with E-state index in [4.69, 9.17) is 4.98 Å². The molecule has 1 fully saturated rings. The van der Waals surface area contributed by atoms with Crippen molar-refractivity contribution in [3.8, 4) is 0 Å². The minimum atomic E-state index is 0.609. The van der Waals surface area contributed by atoms with Crippen LogP contribution in [0, 0.1) is 6.92 Å². The summed E-state index contributed by atoms with van der Waals surface area (Å²) in [7, 11) is 0. The molecule has 0 radical (unpaired) electrons. The van der Waals surface area contributed by atoms with Gasteiger partial charge in [0, 0.05) is 18.2 Å². The molecule has 1 atom stereocenters. The largest absolute Gasteiger partial charge is 0.314 e. The fourth-order valence-electron chi connectivity index (χ4n) is 2.60. The van der Waals surface area contributed by atoms with E-state index in [2.05, 4.69) is 44.7 Å². The van der Waals surface area contributed by atoms with E-state index in [0.717, 1.165) is 23.2 Å². The van der Waals surface area contributed by atoms with E-state index in [1.54, 1.807) is 0 Å². The number of pyridine rings is 1. The lowest BCUT2D eigenvalue weighted by atomic mass is 10.1. The number of rotatable bonds is 2. The predicted molar refractivity (Wildman–Crippen MR) is 72.4 cm³/mol. The lowest BCUT2D eigenvalue weighted by Gasteiger charge is -2.08. The molecule has 2 aromatic heterocycles. The molecular formula is C13H16BrN3. The quantitative estimate of drug-likeness (QED) is 0.863. The lowest BCUT2D eigenvalue weighted by molar-refractivity contribution is 0.595. The van der Waals surface area contributed by atoms with E-state index in [1.165, 1.54) is 24.2 Å². The Labute approximate surface area is 109 Å². The molecule has 0 aromatic carbocycles. The zero-order valence-corrected chi connectivity index (χ0v) is 11.5. The molecule has 1 saturated heterocycles. The van der Waals surface area contributed by atoms with Crippen molar-refractivity contribution < 1.29 is 0 Å². The van der Waals surface area contributed by atoms with Crippen molar-refractivity contribution in [2.45, 2.75) is 32.2 Å². The summed E-state index contributed by atoms with van der Waals surface area (Å²) in [5.41, 5.74) is 3.50. The van der Waals surface area contributed by atoms with Crippen LogP contribution in [0.3, 0.4) is 0 Å². The van der Waals surface area contributed by atoms with E-state index < -0.39 is 0 Å². The van der Waals surface area contributed by atoms with Gasteiger partial charge in [-0.3, -0.25) is 4.40 Å². The summed E-state index contributed by atoms with van der Waals surface area (Å²) in [4.78, 5) is 4.73. The molecule has 90 valence electrons. The standard InChI is InChI=1S/C13H16BrN3/c1-9-11(8-10-4-3-7-15-10)16-13-6-2-5-12(14)17(9)13/h2,5-6,10,15H,3-4,7-8H2,1H3. The van der Waals surface area contributed by atoms with Crippen molar-refractivity contribution in [1.82, 2.24) is 14.7 Å². The molecule has 3 rings (SSSR count). The van der Waals surface area contributed by atoms with Crippen LogP contribution >= 0.6 is 15.9 Å². The number of fused-ring (bicyclic) bond motifs is 1. The van der Waals surface area contributed by atoms with Crippen molar-refractivity contribution in [3.63, 3.8) is 0 Å². The third-order valence-corrected chi connectivity index (χ3v) is 4.15. The minimum Gasteiger partial charge on any atom is -0.314 e. The van der Waals surface area contributed by atoms with E-state index >= 15 is 0 Å². The van der Waals surface area contributed by atoms with Crippen LogP contribution in [0.4, 0.5) is 0 Å². The van der Waals surface area contributed by atoms with Crippen molar-refractivity contribution >= 4 is 21.6 Å². The maximum absolute atomic E-state index is 4.73. The van der Waals surface area contributed by atoms with Crippen LogP contribution in [0.2, 0.25) is 0 Å². The number of nitrogens with one attached hydrogen (secondary N) is 1. The van der Waals surface area contributed by atoms with Crippen LogP contribution in [0.15, 0.2) is 22.8 Å². The molecule has 4 heteroatoms. The Balaban J connectivity index is 1.99. The Morgan fingerprint density at radius 3 is 3.12 bits per heavy atom. The second-order valence-electron chi connectivity index (χ2n) is 4.68. The molecule has 0 spiro atoms. The zero-order chi connectivity index (χ0) is 11.8. The van der Waals surface area contributed by atoms with Crippen LogP contribution in [-0.4, -0.2) is 22.0 Å². The van der Waals surface area contributed by atoms with Gasteiger partial charge < -0.3 is 5.32 Å². The first-order valence-electron chi connectivity index (χ1n) is 6.11. The van der Waals surface area contributed by atoms with Gasteiger partial charge in [-0.25, -0.2) is 4.98 Å². The fraction of sp³-hybridized carbons (Fsp3) is 0.462. The number of aryl methyl sites for hydroxylation is 1. The SMILES string of the molecule is Cc1c(CC2CCCN2)nc2cccc(Br)n12. The van der Waals surface area contributed by atoms with Crippen LogP contribution in [-0.2, 0) is 6.42 Å². The molecule has 1 aliphatic heterocycles. The Morgan fingerprint density at radius 1 is 1.53 bits per heavy atom. The molecule has 1 N–H and O–H groups in total. The van der Waals surface area contributed by atoms with Gasteiger partial charge in [-0.05, 0) is 54.4 Å². The summed E-state index contributed by atoms with van der Waals surface area (Å²) in [5, 5.41) is 3.53. The maximum Gasteiger partial charge on any atom is 0.138 e. The zero-order valence-electron chi connectivity index (χ0n) is 9.91. The smallest absolute Gasteiger partial charge is 0.138 e. The summed E-state index contributed by atoms with van der Waals surface area (Å²) < 4.78 is 3.25. The Hall–Kier alpha value is -0.870. The Bertz CT molecular complexity index is 541. The molecule has 0 saturated carbocycles. The van der Waals surface area contributed by atoms with Gasteiger partial charge >= 0.3 is 0 Å². The molecule has 3 heterocycles. The second kappa shape index (κ2) is 4.42. The van der Waals surface area contributed by atoms with Gasteiger partial charge in [0.2, 0.25) is 0 Å². The molecule has 0 amide bonds. The average Bonchev–Trinajstić information content (AvgIpc) is 2.90. The maximum atomic E-state index is 4.73. The second-order valence-corrected chi connectivity index (χ2v) is 5.50. The highest BCUT2D eigenvalue weighted by Crippen LogP contribution is 2.21. The Morgan fingerprint density at radius 2 is 2.41 bits per heavy atom. The van der Waals surface area contributed by atoms with Gasteiger partial charge in [0.25, 0.3) is 0 Å². The van der Waals surface area contributed by atoms with Crippen molar-refractivity contribution in [1.29, 1.82) is 0 Å². The number of aromatic nitrogens is 2. The van der Waals surface area contributed by atoms with E-state index in [-0.39, 0.29) is 0 Å².